The molecule has 3 rings (SSSR count). The molecule has 0 aliphatic rings. The van der Waals surface area contributed by atoms with Crippen molar-refractivity contribution in [2.24, 2.45) is 0 Å². The molecule has 1 atom stereocenters. The van der Waals surface area contributed by atoms with Crippen molar-refractivity contribution in [1.29, 1.82) is 0 Å². The second kappa shape index (κ2) is 6.64. The lowest BCUT2D eigenvalue weighted by atomic mass is 10.0. The first kappa shape index (κ1) is 15.9. The van der Waals surface area contributed by atoms with Crippen molar-refractivity contribution in [2.75, 3.05) is 0 Å². The van der Waals surface area contributed by atoms with Crippen LogP contribution < -0.4 is 5.32 Å². The van der Waals surface area contributed by atoms with Crippen molar-refractivity contribution >= 4 is 28.6 Å². The Labute approximate surface area is 144 Å². The minimum Gasteiger partial charge on any atom is -0.345 e. The van der Waals surface area contributed by atoms with Crippen LogP contribution in [0.5, 0.6) is 0 Å². The Bertz CT molecular complexity index is 821. The van der Waals surface area contributed by atoms with Gasteiger partial charge in [-0.25, -0.2) is 4.98 Å². The highest BCUT2D eigenvalue weighted by molar-refractivity contribution is 7.17. The number of aromatic nitrogens is 1. The molecule has 3 aromatic rings. The fraction of sp³-hybridized carbons (Fsp3) is 0.222. The molecule has 0 aliphatic carbocycles. The number of rotatable bonds is 4. The van der Waals surface area contributed by atoms with Gasteiger partial charge in [0.25, 0.3) is 5.91 Å². The second-order valence-electron chi connectivity index (χ2n) is 5.50. The van der Waals surface area contributed by atoms with Crippen LogP contribution in [-0.2, 0) is 0 Å². The van der Waals surface area contributed by atoms with E-state index in [4.69, 9.17) is 0 Å². The van der Waals surface area contributed by atoms with Crippen LogP contribution in [0, 0.1) is 13.8 Å². The number of aryl methyl sites for hydroxylation is 2. The molecule has 1 aromatic carbocycles. The largest absolute Gasteiger partial charge is 0.345 e. The first-order chi connectivity index (χ1) is 11.1. The topological polar surface area (TPSA) is 42.0 Å². The highest BCUT2D eigenvalue weighted by Gasteiger charge is 2.19. The number of amides is 1. The van der Waals surface area contributed by atoms with Gasteiger partial charge < -0.3 is 5.32 Å². The van der Waals surface area contributed by atoms with Crippen molar-refractivity contribution in [3.63, 3.8) is 0 Å². The SMILES string of the molecule is Cc1ccccc1C(C)NC(=O)c1sc(-c2ccsc2)nc1C. The maximum Gasteiger partial charge on any atom is 0.263 e. The van der Waals surface area contributed by atoms with E-state index in [1.165, 1.54) is 16.9 Å². The Balaban J connectivity index is 1.80. The molecular formula is C18H18N2OS2. The van der Waals surface area contributed by atoms with Crippen molar-refractivity contribution < 1.29 is 4.79 Å². The summed E-state index contributed by atoms with van der Waals surface area (Å²) >= 11 is 3.08. The number of benzene rings is 1. The molecule has 1 unspecified atom stereocenters. The summed E-state index contributed by atoms with van der Waals surface area (Å²) < 4.78 is 0. The molecule has 1 N–H and O–H groups in total. The number of hydrogen-bond donors (Lipinski definition) is 1. The van der Waals surface area contributed by atoms with E-state index in [9.17, 15) is 4.79 Å². The van der Waals surface area contributed by atoms with E-state index >= 15 is 0 Å². The molecule has 2 aromatic heterocycles. The van der Waals surface area contributed by atoms with Gasteiger partial charge in [0.1, 0.15) is 9.88 Å². The van der Waals surface area contributed by atoms with Crippen LogP contribution in [0.3, 0.4) is 0 Å². The lowest BCUT2D eigenvalue weighted by Crippen LogP contribution is -2.26. The molecule has 2 heterocycles. The average Bonchev–Trinajstić information content (AvgIpc) is 3.16. The zero-order chi connectivity index (χ0) is 16.4. The standard InChI is InChI=1S/C18H18N2OS2/c1-11-6-4-5-7-15(11)12(2)19-17(21)16-13(3)20-18(23-16)14-8-9-22-10-14/h4-10,12H,1-3H3,(H,19,21). The summed E-state index contributed by atoms with van der Waals surface area (Å²) in [6.45, 7) is 5.96. The minimum absolute atomic E-state index is 0.0326. The molecule has 1 amide bonds. The van der Waals surface area contributed by atoms with E-state index in [1.54, 1.807) is 11.3 Å². The van der Waals surface area contributed by atoms with Crippen molar-refractivity contribution in [3.8, 4) is 10.6 Å². The number of thiazole rings is 1. The van der Waals surface area contributed by atoms with Crippen molar-refractivity contribution in [3.05, 3.63) is 62.8 Å². The summed E-state index contributed by atoms with van der Waals surface area (Å²) in [6, 6.07) is 10.1. The van der Waals surface area contributed by atoms with Gasteiger partial charge in [-0.3, -0.25) is 4.79 Å². The molecule has 0 bridgehead atoms. The van der Waals surface area contributed by atoms with Gasteiger partial charge in [-0.1, -0.05) is 24.3 Å². The summed E-state index contributed by atoms with van der Waals surface area (Å²) in [6.07, 6.45) is 0. The maximum absolute atomic E-state index is 12.6. The lowest BCUT2D eigenvalue weighted by Gasteiger charge is -2.16. The highest BCUT2D eigenvalue weighted by Crippen LogP contribution is 2.29. The third-order valence-electron chi connectivity index (χ3n) is 3.77. The molecule has 118 valence electrons. The van der Waals surface area contributed by atoms with E-state index in [0.717, 1.165) is 21.8 Å². The second-order valence-corrected chi connectivity index (χ2v) is 7.28. The van der Waals surface area contributed by atoms with Gasteiger partial charge in [-0.2, -0.15) is 11.3 Å². The fourth-order valence-electron chi connectivity index (χ4n) is 2.53. The predicted molar refractivity (Wildman–Crippen MR) is 97.2 cm³/mol. The van der Waals surface area contributed by atoms with Gasteiger partial charge in [0, 0.05) is 10.9 Å². The number of nitrogens with zero attached hydrogens (tertiary/aromatic N) is 1. The Hall–Kier alpha value is -1.98. The fourth-order valence-corrected chi connectivity index (χ4v) is 4.21. The Morgan fingerprint density at radius 2 is 2.00 bits per heavy atom. The van der Waals surface area contributed by atoms with Gasteiger partial charge in [0.15, 0.2) is 0 Å². The lowest BCUT2D eigenvalue weighted by molar-refractivity contribution is 0.0943. The van der Waals surface area contributed by atoms with Crippen LogP contribution in [-0.4, -0.2) is 10.9 Å². The molecule has 5 heteroatoms. The summed E-state index contributed by atoms with van der Waals surface area (Å²) in [5.74, 6) is -0.0581. The zero-order valence-corrected chi connectivity index (χ0v) is 14.9. The Morgan fingerprint density at radius 3 is 2.70 bits per heavy atom. The van der Waals surface area contributed by atoms with Crippen LogP contribution in [0.25, 0.3) is 10.6 Å². The summed E-state index contributed by atoms with van der Waals surface area (Å²) in [5, 5.41) is 8.06. The molecule has 0 saturated carbocycles. The summed E-state index contributed by atoms with van der Waals surface area (Å²) in [4.78, 5) is 17.8. The molecule has 0 radical (unpaired) electrons. The van der Waals surface area contributed by atoms with Gasteiger partial charge in [-0.15, -0.1) is 11.3 Å². The molecule has 0 saturated heterocycles. The van der Waals surface area contributed by atoms with E-state index in [2.05, 4.69) is 34.7 Å². The number of nitrogens with one attached hydrogen (secondary N) is 1. The number of thiophene rings is 1. The van der Waals surface area contributed by atoms with Crippen molar-refractivity contribution in [1.82, 2.24) is 10.3 Å². The van der Waals surface area contributed by atoms with E-state index in [-0.39, 0.29) is 11.9 Å². The van der Waals surface area contributed by atoms with Gasteiger partial charge in [-0.05, 0) is 43.3 Å². The zero-order valence-electron chi connectivity index (χ0n) is 13.3. The molecular weight excluding hydrogens is 324 g/mol. The maximum atomic E-state index is 12.6. The summed E-state index contributed by atoms with van der Waals surface area (Å²) in [5.41, 5.74) is 4.18. The van der Waals surface area contributed by atoms with Gasteiger partial charge >= 0.3 is 0 Å². The Morgan fingerprint density at radius 1 is 1.22 bits per heavy atom. The third kappa shape index (κ3) is 3.35. The molecule has 23 heavy (non-hydrogen) atoms. The summed E-state index contributed by atoms with van der Waals surface area (Å²) in [7, 11) is 0. The first-order valence-corrected chi connectivity index (χ1v) is 9.18. The third-order valence-corrected chi connectivity index (χ3v) is 5.66. The van der Waals surface area contributed by atoms with Crippen molar-refractivity contribution in [2.45, 2.75) is 26.8 Å². The Kier molecular flexibility index (Phi) is 4.59. The van der Waals surface area contributed by atoms with Crippen LogP contribution >= 0.6 is 22.7 Å². The number of carbonyl (C=O) groups is 1. The number of carbonyl (C=O) groups excluding carboxylic acids is 1. The first-order valence-electron chi connectivity index (χ1n) is 7.42. The van der Waals surface area contributed by atoms with Crippen LogP contribution in [0.4, 0.5) is 0 Å². The molecule has 0 spiro atoms. The van der Waals surface area contributed by atoms with E-state index < -0.39 is 0 Å². The van der Waals surface area contributed by atoms with E-state index in [0.29, 0.717) is 4.88 Å². The van der Waals surface area contributed by atoms with Crippen LogP contribution in [0.15, 0.2) is 41.1 Å². The monoisotopic (exact) mass is 342 g/mol. The van der Waals surface area contributed by atoms with Crippen LogP contribution in [0.2, 0.25) is 0 Å². The number of hydrogen-bond acceptors (Lipinski definition) is 4. The normalized spacial score (nSPS) is 12.1. The average molecular weight is 342 g/mol. The highest BCUT2D eigenvalue weighted by atomic mass is 32.1. The molecule has 0 aliphatic heterocycles. The quantitative estimate of drug-likeness (QED) is 0.726. The predicted octanol–water partition coefficient (Wildman–Crippen LogP) is 4.98. The smallest absolute Gasteiger partial charge is 0.263 e. The van der Waals surface area contributed by atoms with Gasteiger partial charge in [0.2, 0.25) is 0 Å². The minimum atomic E-state index is -0.0581. The van der Waals surface area contributed by atoms with Gasteiger partial charge in [0.05, 0.1) is 11.7 Å². The molecule has 3 nitrogen and oxygen atoms in total. The van der Waals surface area contributed by atoms with E-state index in [1.807, 2.05) is 37.4 Å². The molecule has 0 fully saturated rings. The van der Waals surface area contributed by atoms with Crippen LogP contribution in [0.1, 0.15) is 39.5 Å².